The van der Waals surface area contributed by atoms with Crippen LogP contribution in [0.2, 0.25) is 0 Å². The van der Waals surface area contributed by atoms with E-state index in [1.165, 1.54) is 37.7 Å². The number of benzene rings is 1. The Hall–Kier alpha value is -3.04. The molecule has 2 amide bonds. The number of hydrogen-bond donors (Lipinski definition) is 0. The van der Waals surface area contributed by atoms with Crippen molar-refractivity contribution in [2.24, 2.45) is 0 Å². The number of ether oxygens (including phenoxy) is 1. The fraction of sp³-hybridized carbons (Fsp3) is 0.613. The smallest absolute Gasteiger partial charge is 0.253 e. The van der Waals surface area contributed by atoms with Crippen LogP contribution in [-0.4, -0.2) is 89.6 Å². The van der Waals surface area contributed by atoms with Crippen molar-refractivity contribution in [1.82, 2.24) is 19.8 Å². The number of fused-ring (bicyclic) bond motifs is 1. The first-order valence-corrected chi connectivity index (χ1v) is 15.1. The lowest BCUT2D eigenvalue weighted by molar-refractivity contribution is -0.146. The fourth-order valence-corrected chi connectivity index (χ4v) is 6.35. The Morgan fingerprint density at radius 3 is 2.30 bits per heavy atom. The van der Waals surface area contributed by atoms with Gasteiger partial charge >= 0.3 is 0 Å². The first-order chi connectivity index (χ1) is 19.6. The van der Waals surface area contributed by atoms with Crippen LogP contribution in [0.15, 0.2) is 42.7 Å². The van der Waals surface area contributed by atoms with Gasteiger partial charge in [-0.05, 0) is 49.9 Å². The lowest BCUT2D eigenvalue weighted by Gasteiger charge is -2.41. The Kier molecular flexibility index (Phi) is 10.00. The zero-order valence-corrected chi connectivity index (χ0v) is 23.9. The summed E-state index contributed by atoms with van der Waals surface area (Å²) in [7, 11) is 0. The van der Waals surface area contributed by atoms with Gasteiger partial charge in [-0.1, -0.05) is 43.9 Å². The van der Waals surface area contributed by atoms with Gasteiger partial charge in [0.15, 0.2) is 6.10 Å². The van der Waals surface area contributed by atoms with Crippen LogP contribution in [0.5, 0.6) is 0 Å². The number of piperidine rings is 1. The molecule has 0 radical (unpaired) electrons. The maximum Gasteiger partial charge on any atom is 0.253 e. The third-order valence-electron chi connectivity index (χ3n) is 8.58. The van der Waals surface area contributed by atoms with E-state index in [4.69, 9.17) is 4.74 Å². The van der Waals surface area contributed by atoms with Crippen molar-refractivity contribution in [3.63, 3.8) is 0 Å². The zero-order valence-electron chi connectivity index (χ0n) is 23.9. The minimum absolute atomic E-state index is 0.0754. The summed E-state index contributed by atoms with van der Waals surface area (Å²) in [6, 6.07) is 10.6. The Morgan fingerprint density at radius 1 is 0.850 bits per heavy atom. The van der Waals surface area contributed by atoms with Crippen molar-refractivity contribution in [2.45, 2.75) is 77.0 Å². The maximum atomic E-state index is 13.4. The molecule has 0 bridgehead atoms. The Balaban J connectivity index is 1.23. The molecule has 1 atom stereocenters. The Bertz CT molecular complexity index is 1110. The first-order valence-electron chi connectivity index (χ1n) is 15.1. The molecule has 1 aromatic heterocycles. The van der Waals surface area contributed by atoms with Crippen LogP contribution in [0, 0.1) is 0 Å². The van der Waals surface area contributed by atoms with Crippen LogP contribution in [-0.2, 0) is 20.9 Å². The topological polar surface area (TPSA) is 82.1 Å². The molecule has 0 aliphatic carbocycles. The zero-order chi connectivity index (χ0) is 27.7. The van der Waals surface area contributed by atoms with Crippen molar-refractivity contribution in [1.29, 1.82) is 0 Å². The number of para-hydroxylation sites is 1. The van der Waals surface area contributed by atoms with E-state index >= 15 is 0 Å². The van der Waals surface area contributed by atoms with Crippen molar-refractivity contribution >= 4 is 23.5 Å². The number of likely N-dealkylation sites (tertiary alicyclic amines) is 1. The third kappa shape index (κ3) is 7.18. The van der Waals surface area contributed by atoms with Crippen LogP contribution in [0.4, 0.5) is 11.6 Å². The number of nitrogens with zero attached hydrogens (tertiary/aromatic N) is 6. The Morgan fingerprint density at radius 2 is 1.55 bits per heavy atom. The molecule has 4 heterocycles. The minimum atomic E-state index is -0.482. The molecule has 9 nitrogen and oxygen atoms in total. The second-order valence-corrected chi connectivity index (χ2v) is 11.3. The van der Waals surface area contributed by atoms with Crippen LogP contribution >= 0.6 is 0 Å². The van der Waals surface area contributed by atoms with Gasteiger partial charge in [0.05, 0.1) is 13.2 Å². The van der Waals surface area contributed by atoms with E-state index in [0.717, 1.165) is 57.7 Å². The molecule has 40 heavy (non-hydrogen) atoms. The normalized spacial score (nSPS) is 22.5. The summed E-state index contributed by atoms with van der Waals surface area (Å²) in [6.45, 7) is 7.49. The summed E-state index contributed by atoms with van der Waals surface area (Å²) in [5.74, 6) is 0.839. The van der Waals surface area contributed by atoms with Gasteiger partial charge in [0.25, 0.3) is 5.91 Å². The predicted octanol–water partition coefficient (Wildman–Crippen LogP) is 3.88. The van der Waals surface area contributed by atoms with E-state index in [0.29, 0.717) is 31.7 Å². The predicted molar refractivity (Wildman–Crippen MR) is 156 cm³/mol. The highest BCUT2D eigenvalue weighted by Crippen LogP contribution is 2.27. The van der Waals surface area contributed by atoms with Gasteiger partial charge in [-0.3, -0.25) is 14.5 Å². The first kappa shape index (κ1) is 28.5. The molecule has 5 rings (SSSR count). The van der Waals surface area contributed by atoms with Crippen molar-refractivity contribution in [3.8, 4) is 0 Å². The van der Waals surface area contributed by atoms with E-state index in [-0.39, 0.29) is 11.8 Å². The second-order valence-electron chi connectivity index (χ2n) is 11.3. The van der Waals surface area contributed by atoms with Gasteiger partial charge in [0.2, 0.25) is 11.9 Å². The summed E-state index contributed by atoms with van der Waals surface area (Å²) in [5, 5.41) is 0. The summed E-state index contributed by atoms with van der Waals surface area (Å²) >= 11 is 0. The van der Waals surface area contributed by atoms with Gasteiger partial charge in [0, 0.05) is 63.8 Å². The number of amides is 2. The van der Waals surface area contributed by atoms with Crippen molar-refractivity contribution in [3.05, 3.63) is 48.3 Å². The summed E-state index contributed by atoms with van der Waals surface area (Å²) in [4.78, 5) is 43.4. The van der Waals surface area contributed by atoms with Crippen molar-refractivity contribution < 1.29 is 14.3 Å². The molecule has 1 unspecified atom stereocenters. The van der Waals surface area contributed by atoms with Crippen LogP contribution < -0.4 is 9.80 Å². The van der Waals surface area contributed by atoms with Crippen molar-refractivity contribution in [2.75, 3.05) is 55.7 Å². The van der Waals surface area contributed by atoms with Gasteiger partial charge in [-0.25, -0.2) is 9.97 Å². The SMILES string of the molecule is CC(=O)N1CCCCCCCCN(C2CCN(C(=O)C3CN(c4ncccn4)CCO3)CC2)Cc2ccccc21. The lowest BCUT2D eigenvalue weighted by atomic mass is 10.00. The van der Waals surface area contributed by atoms with Crippen LogP contribution in [0.25, 0.3) is 0 Å². The van der Waals surface area contributed by atoms with Gasteiger partial charge in [-0.2, -0.15) is 0 Å². The van der Waals surface area contributed by atoms with Crippen LogP contribution in [0.1, 0.15) is 63.9 Å². The average molecular weight is 549 g/mol. The number of anilines is 2. The molecule has 216 valence electrons. The van der Waals surface area contributed by atoms with E-state index in [1.807, 2.05) is 20.8 Å². The molecule has 2 fully saturated rings. The number of carbonyl (C=O) groups excluding carboxylic acids is 2. The maximum absolute atomic E-state index is 13.4. The quantitative estimate of drug-likeness (QED) is 0.576. The number of hydrogen-bond acceptors (Lipinski definition) is 7. The standard InChI is InChI=1S/C31H44N6O3/c1-25(38)37-18-9-5-3-2-4-8-17-35(23-26-11-6-7-12-28(26)37)27-13-19-34(20-14-27)30(39)29-24-36(21-22-40-29)31-32-15-10-16-33-31/h6-7,10-12,15-16,27,29H,2-5,8-9,13-14,17-24H2,1H3. The number of aromatic nitrogens is 2. The van der Waals surface area contributed by atoms with E-state index in [2.05, 4.69) is 33.1 Å². The monoisotopic (exact) mass is 548 g/mol. The highest BCUT2D eigenvalue weighted by molar-refractivity contribution is 5.92. The molecule has 0 spiro atoms. The molecule has 0 saturated carbocycles. The van der Waals surface area contributed by atoms with Gasteiger partial charge in [0.1, 0.15) is 0 Å². The molecule has 0 N–H and O–H groups in total. The fourth-order valence-electron chi connectivity index (χ4n) is 6.35. The highest BCUT2D eigenvalue weighted by Gasteiger charge is 2.34. The minimum Gasteiger partial charge on any atom is -0.365 e. The molecule has 3 aliphatic rings. The average Bonchev–Trinajstić information content (AvgIpc) is 3.02. The summed E-state index contributed by atoms with van der Waals surface area (Å²) < 4.78 is 5.91. The summed E-state index contributed by atoms with van der Waals surface area (Å²) in [6.07, 6.45) is 12.0. The third-order valence-corrected chi connectivity index (χ3v) is 8.58. The lowest BCUT2D eigenvalue weighted by Crippen LogP contribution is -2.54. The Labute approximate surface area is 238 Å². The molecule has 2 saturated heterocycles. The van der Waals surface area contributed by atoms with Gasteiger partial charge in [-0.15, -0.1) is 0 Å². The molecule has 3 aliphatic heterocycles. The number of rotatable bonds is 3. The second kappa shape index (κ2) is 14.0. The van der Waals surface area contributed by atoms with E-state index < -0.39 is 6.10 Å². The number of carbonyl (C=O) groups is 2. The molecular weight excluding hydrogens is 504 g/mol. The summed E-state index contributed by atoms with van der Waals surface area (Å²) in [5.41, 5.74) is 2.27. The molecule has 2 aromatic rings. The van der Waals surface area contributed by atoms with Gasteiger partial charge < -0.3 is 19.4 Å². The van der Waals surface area contributed by atoms with E-state index in [1.54, 1.807) is 25.4 Å². The van der Waals surface area contributed by atoms with E-state index in [9.17, 15) is 9.59 Å². The van der Waals surface area contributed by atoms with Crippen LogP contribution in [0.3, 0.4) is 0 Å². The largest absolute Gasteiger partial charge is 0.365 e. The molecular formula is C31H44N6O3. The molecule has 1 aromatic carbocycles. The number of morpholine rings is 1. The molecule has 9 heteroatoms. The highest BCUT2D eigenvalue weighted by atomic mass is 16.5.